The van der Waals surface area contributed by atoms with Crippen LogP contribution in [-0.4, -0.2) is 48.3 Å². The van der Waals surface area contributed by atoms with Gasteiger partial charge in [-0.15, -0.1) is 0 Å². The Morgan fingerprint density at radius 2 is 1.64 bits per heavy atom. The van der Waals surface area contributed by atoms with E-state index in [-0.39, 0.29) is 11.9 Å². The van der Waals surface area contributed by atoms with E-state index in [2.05, 4.69) is 66.4 Å². The Labute approximate surface area is 214 Å². The van der Waals surface area contributed by atoms with E-state index in [9.17, 15) is 4.79 Å². The molecule has 0 bridgehead atoms. The molecule has 2 heterocycles. The Bertz CT molecular complexity index is 1200. The third-order valence-electron chi connectivity index (χ3n) is 7.48. The lowest BCUT2D eigenvalue weighted by atomic mass is 9.90. The largest absolute Gasteiger partial charge is 0.496 e. The highest BCUT2D eigenvalue weighted by Crippen LogP contribution is 2.37. The maximum absolute atomic E-state index is 13.6. The third-order valence-corrected chi connectivity index (χ3v) is 7.48. The molecule has 36 heavy (non-hydrogen) atoms. The maximum atomic E-state index is 13.6. The third kappa shape index (κ3) is 5.52. The number of methoxy groups -OCH3 is 1. The maximum Gasteiger partial charge on any atom is 0.257 e. The topological polar surface area (TPSA) is 45.1 Å². The first-order valence-electron chi connectivity index (χ1n) is 13.0. The lowest BCUT2D eigenvalue weighted by Crippen LogP contribution is -2.42. The zero-order chi connectivity index (χ0) is 24.9. The number of para-hydroxylation sites is 1. The summed E-state index contributed by atoms with van der Waals surface area (Å²) in [6.45, 7) is 4.38. The van der Waals surface area contributed by atoms with Crippen molar-refractivity contribution in [3.8, 4) is 5.75 Å². The first-order chi connectivity index (χ1) is 17.6. The fourth-order valence-corrected chi connectivity index (χ4v) is 5.40. The van der Waals surface area contributed by atoms with Crippen LogP contribution in [0.2, 0.25) is 0 Å². The van der Waals surface area contributed by atoms with Gasteiger partial charge in [-0.2, -0.15) is 5.10 Å². The molecule has 0 radical (unpaired) electrons. The van der Waals surface area contributed by atoms with Gasteiger partial charge < -0.3 is 4.74 Å². The lowest BCUT2D eigenvalue weighted by molar-refractivity contribution is -0.134. The van der Waals surface area contributed by atoms with E-state index < -0.39 is 0 Å². The van der Waals surface area contributed by atoms with E-state index in [0.717, 1.165) is 54.9 Å². The van der Waals surface area contributed by atoms with E-state index in [1.54, 1.807) is 12.1 Å². The summed E-state index contributed by atoms with van der Waals surface area (Å²) in [5, 5.41) is 6.59. The van der Waals surface area contributed by atoms with Crippen molar-refractivity contribution < 1.29 is 9.53 Å². The number of rotatable bonds is 7. The molecule has 0 aromatic heterocycles. The van der Waals surface area contributed by atoms with Gasteiger partial charge in [0, 0.05) is 12.0 Å². The Kier molecular flexibility index (Phi) is 7.47. The highest BCUT2D eigenvalue weighted by atomic mass is 16.5. The average Bonchev–Trinajstić information content (AvgIpc) is 3.36. The Balaban J connectivity index is 1.29. The molecular formula is C31H35N3O2. The summed E-state index contributed by atoms with van der Waals surface area (Å²) in [4.78, 5) is 15.9. The smallest absolute Gasteiger partial charge is 0.257 e. The van der Waals surface area contributed by atoms with Crippen molar-refractivity contribution >= 4 is 11.6 Å². The van der Waals surface area contributed by atoms with E-state index >= 15 is 0 Å². The molecule has 1 amide bonds. The van der Waals surface area contributed by atoms with Gasteiger partial charge in [0.25, 0.3) is 5.91 Å². The number of hydrazone groups is 1. The number of carbonyl (C=O) groups excluding carboxylic acids is 1. The Morgan fingerprint density at radius 1 is 0.944 bits per heavy atom. The average molecular weight is 482 g/mol. The van der Waals surface area contributed by atoms with Crippen LogP contribution in [0.5, 0.6) is 5.75 Å². The normalized spacial score (nSPS) is 18.8. The first-order valence-corrected chi connectivity index (χ1v) is 13.0. The van der Waals surface area contributed by atoms with Crippen LogP contribution in [0.1, 0.15) is 47.6 Å². The van der Waals surface area contributed by atoms with Gasteiger partial charge in [0.1, 0.15) is 5.75 Å². The number of benzene rings is 3. The Morgan fingerprint density at radius 3 is 2.36 bits per heavy atom. The second kappa shape index (κ2) is 11.1. The van der Waals surface area contributed by atoms with Gasteiger partial charge in [-0.05, 0) is 62.4 Å². The molecule has 3 aromatic carbocycles. The molecule has 1 atom stereocenters. The van der Waals surface area contributed by atoms with Crippen molar-refractivity contribution in [2.75, 3.05) is 26.7 Å². The minimum Gasteiger partial charge on any atom is -0.496 e. The minimum atomic E-state index is -0.166. The molecule has 5 heteroatoms. The fourth-order valence-electron chi connectivity index (χ4n) is 5.40. The van der Waals surface area contributed by atoms with E-state index in [1.807, 2.05) is 24.3 Å². The number of nitrogens with zero attached hydrogens (tertiary/aromatic N) is 3. The number of amides is 1. The summed E-state index contributed by atoms with van der Waals surface area (Å²) in [6.07, 6.45) is 4.04. The molecule has 1 fully saturated rings. The molecule has 0 spiro atoms. The second-order valence-electron chi connectivity index (χ2n) is 10.0. The monoisotopic (exact) mass is 481 g/mol. The van der Waals surface area contributed by atoms with Gasteiger partial charge in [-0.1, -0.05) is 78.4 Å². The highest BCUT2D eigenvalue weighted by molar-refractivity contribution is 6.03. The summed E-state index contributed by atoms with van der Waals surface area (Å²) in [5.41, 5.74) is 5.63. The van der Waals surface area contributed by atoms with Crippen LogP contribution in [-0.2, 0) is 11.2 Å². The number of piperidine rings is 1. The van der Waals surface area contributed by atoms with Gasteiger partial charge in [-0.25, -0.2) is 5.01 Å². The Hall–Kier alpha value is -3.44. The lowest BCUT2D eigenvalue weighted by Gasteiger charge is -2.33. The van der Waals surface area contributed by atoms with Crippen LogP contribution < -0.4 is 4.74 Å². The number of hydrogen-bond donors (Lipinski definition) is 0. The summed E-state index contributed by atoms with van der Waals surface area (Å²) in [7, 11) is 1.68. The van der Waals surface area contributed by atoms with E-state index in [1.165, 1.54) is 11.1 Å². The number of likely N-dealkylation sites (tertiary alicyclic amines) is 1. The number of ether oxygens (including phenoxy) is 1. The minimum absolute atomic E-state index is 0.0505. The van der Waals surface area contributed by atoms with E-state index in [4.69, 9.17) is 9.84 Å². The first kappa shape index (κ1) is 24.3. The number of hydrogen-bond acceptors (Lipinski definition) is 4. The molecule has 2 aliphatic heterocycles. The SMILES string of the molecule is COc1ccccc1C1CC(c2ccc(C)cc2)=NN1C(=O)CN1CCC(Cc2ccccc2)CC1. The van der Waals surface area contributed by atoms with Crippen molar-refractivity contribution in [2.24, 2.45) is 11.0 Å². The van der Waals surface area contributed by atoms with Gasteiger partial charge in [0.2, 0.25) is 0 Å². The van der Waals surface area contributed by atoms with Crippen LogP contribution >= 0.6 is 0 Å². The highest BCUT2D eigenvalue weighted by Gasteiger charge is 2.35. The van der Waals surface area contributed by atoms with Crippen LogP contribution in [0.15, 0.2) is 84.0 Å². The molecule has 5 nitrogen and oxygen atoms in total. The van der Waals surface area contributed by atoms with Crippen LogP contribution in [0, 0.1) is 12.8 Å². The quantitative estimate of drug-likeness (QED) is 0.439. The number of aryl methyl sites for hydroxylation is 1. The van der Waals surface area contributed by atoms with Crippen molar-refractivity contribution in [2.45, 2.75) is 38.6 Å². The molecule has 2 aliphatic rings. The second-order valence-corrected chi connectivity index (χ2v) is 10.0. The molecule has 5 rings (SSSR count). The van der Waals surface area contributed by atoms with Gasteiger partial charge in [-0.3, -0.25) is 9.69 Å². The predicted octanol–water partition coefficient (Wildman–Crippen LogP) is 5.64. The number of carbonyl (C=O) groups is 1. The summed E-state index contributed by atoms with van der Waals surface area (Å²) >= 11 is 0. The van der Waals surface area contributed by atoms with Gasteiger partial charge in [0.15, 0.2) is 0 Å². The zero-order valence-corrected chi connectivity index (χ0v) is 21.3. The van der Waals surface area contributed by atoms with Gasteiger partial charge >= 0.3 is 0 Å². The molecule has 1 unspecified atom stereocenters. The molecule has 0 N–H and O–H groups in total. The summed E-state index contributed by atoms with van der Waals surface area (Å²) in [5.74, 6) is 1.52. The van der Waals surface area contributed by atoms with Crippen molar-refractivity contribution in [1.82, 2.24) is 9.91 Å². The summed E-state index contributed by atoms with van der Waals surface area (Å²) < 4.78 is 5.65. The molecular weight excluding hydrogens is 446 g/mol. The predicted molar refractivity (Wildman–Crippen MR) is 144 cm³/mol. The van der Waals surface area contributed by atoms with E-state index in [0.29, 0.717) is 18.9 Å². The molecule has 186 valence electrons. The molecule has 1 saturated heterocycles. The van der Waals surface area contributed by atoms with Crippen LogP contribution in [0.3, 0.4) is 0 Å². The molecule has 0 aliphatic carbocycles. The standard InChI is InChI=1S/C31H35N3O2/c1-23-12-14-26(15-13-23)28-21-29(27-10-6-7-11-30(27)36-2)34(32-28)31(35)22-33-18-16-25(17-19-33)20-24-8-4-3-5-9-24/h3-15,25,29H,16-22H2,1-2H3. The molecule has 3 aromatic rings. The molecule has 0 saturated carbocycles. The zero-order valence-electron chi connectivity index (χ0n) is 21.3. The van der Waals surface area contributed by atoms with Crippen LogP contribution in [0.25, 0.3) is 0 Å². The van der Waals surface area contributed by atoms with Gasteiger partial charge in [0.05, 0.1) is 25.4 Å². The summed E-state index contributed by atoms with van der Waals surface area (Å²) in [6, 6.07) is 26.9. The van der Waals surface area contributed by atoms with Crippen LogP contribution in [0.4, 0.5) is 0 Å². The fraction of sp³-hybridized carbons (Fsp3) is 0.355. The van der Waals surface area contributed by atoms with Crippen molar-refractivity contribution in [3.63, 3.8) is 0 Å². The van der Waals surface area contributed by atoms with Crippen molar-refractivity contribution in [3.05, 3.63) is 101 Å². The van der Waals surface area contributed by atoms with Crippen molar-refractivity contribution in [1.29, 1.82) is 0 Å².